The molecule has 0 aromatic heterocycles. The minimum Gasteiger partial charge on any atom is -0.495 e. The lowest BCUT2D eigenvalue weighted by Gasteiger charge is -2.21. The number of carbonyl (C=O) groups is 1. The third-order valence-electron chi connectivity index (χ3n) is 4.02. The van der Waals surface area contributed by atoms with Crippen LogP contribution in [-0.4, -0.2) is 19.1 Å². The van der Waals surface area contributed by atoms with E-state index in [1.807, 2.05) is 25.1 Å². The highest BCUT2D eigenvalue weighted by Gasteiger charge is 2.27. The Kier molecular flexibility index (Phi) is 5.01. The van der Waals surface area contributed by atoms with Crippen LogP contribution < -0.4 is 15.8 Å². The molecule has 2 unspecified atom stereocenters. The number of carbonyl (C=O) groups excluding carboxylic acids is 1. The summed E-state index contributed by atoms with van der Waals surface area (Å²) in [6, 6.07) is 5.73. The van der Waals surface area contributed by atoms with Gasteiger partial charge in [0.25, 0.3) is 0 Å². The van der Waals surface area contributed by atoms with Gasteiger partial charge in [-0.1, -0.05) is 25.3 Å². The largest absolute Gasteiger partial charge is 0.495 e. The van der Waals surface area contributed by atoms with Crippen molar-refractivity contribution in [2.75, 3.05) is 12.4 Å². The molecule has 0 bridgehead atoms. The fraction of sp³-hybridized carbons (Fsp3) is 0.562. The summed E-state index contributed by atoms with van der Waals surface area (Å²) in [6.07, 6.45) is 5.19. The van der Waals surface area contributed by atoms with E-state index in [-0.39, 0.29) is 17.9 Å². The maximum atomic E-state index is 12.4. The third-order valence-corrected chi connectivity index (χ3v) is 4.02. The lowest BCUT2D eigenvalue weighted by molar-refractivity contribution is -0.120. The Bertz CT molecular complexity index is 474. The standard InChI is InChI=1S/C16H24N2O2/c1-11-8-9-14(15(10-11)20-2)18-16(19)12-6-4-3-5-7-13(12)17/h8-10,12-13H,3-7,17H2,1-2H3,(H,18,19). The van der Waals surface area contributed by atoms with Crippen LogP contribution in [0.4, 0.5) is 5.69 Å². The van der Waals surface area contributed by atoms with Crippen molar-refractivity contribution in [1.29, 1.82) is 0 Å². The molecule has 2 atom stereocenters. The molecule has 1 aromatic carbocycles. The molecule has 1 amide bonds. The van der Waals surface area contributed by atoms with E-state index < -0.39 is 0 Å². The Morgan fingerprint density at radius 2 is 2.05 bits per heavy atom. The van der Waals surface area contributed by atoms with Crippen LogP contribution in [0, 0.1) is 12.8 Å². The van der Waals surface area contributed by atoms with Crippen LogP contribution in [0.1, 0.15) is 37.7 Å². The number of hydrogen-bond donors (Lipinski definition) is 2. The number of methoxy groups -OCH3 is 1. The number of benzene rings is 1. The molecule has 0 aliphatic heterocycles. The molecule has 110 valence electrons. The molecule has 1 aliphatic carbocycles. The van der Waals surface area contributed by atoms with Crippen molar-refractivity contribution in [2.24, 2.45) is 11.7 Å². The quantitative estimate of drug-likeness (QED) is 0.834. The van der Waals surface area contributed by atoms with Crippen LogP contribution in [0.3, 0.4) is 0 Å². The second-order valence-corrected chi connectivity index (χ2v) is 5.60. The maximum Gasteiger partial charge on any atom is 0.229 e. The molecular weight excluding hydrogens is 252 g/mol. The first kappa shape index (κ1) is 14.9. The summed E-state index contributed by atoms with van der Waals surface area (Å²) in [4.78, 5) is 12.4. The molecular formula is C16H24N2O2. The van der Waals surface area contributed by atoms with Gasteiger partial charge in [0.2, 0.25) is 5.91 Å². The number of nitrogens with two attached hydrogens (primary N) is 1. The van der Waals surface area contributed by atoms with Crippen LogP contribution in [0.15, 0.2) is 18.2 Å². The molecule has 0 radical (unpaired) electrons. The first-order valence-electron chi connectivity index (χ1n) is 7.33. The van der Waals surface area contributed by atoms with Crippen molar-refractivity contribution in [2.45, 2.75) is 45.1 Å². The van der Waals surface area contributed by atoms with E-state index in [0.29, 0.717) is 5.75 Å². The lowest BCUT2D eigenvalue weighted by atomic mass is 9.94. The van der Waals surface area contributed by atoms with Gasteiger partial charge >= 0.3 is 0 Å². The SMILES string of the molecule is COc1cc(C)ccc1NC(=O)C1CCCCCC1N. The first-order valence-corrected chi connectivity index (χ1v) is 7.33. The summed E-state index contributed by atoms with van der Waals surface area (Å²) in [7, 11) is 1.61. The summed E-state index contributed by atoms with van der Waals surface area (Å²) in [5.74, 6) is 0.616. The topological polar surface area (TPSA) is 64.3 Å². The van der Waals surface area contributed by atoms with E-state index in [1.54, 1.807) is 7.11 Å². The summed E-state index contributed by atoms with van der Waals surface area (Å²) < 4.78 is 5.32. The maximum absolute atomic E-state index is 12.4. The Hall–Kier alpha value is -1.55. The number of nitrogens with one attached hydrogen (secondary N) is 1. The van der Waals surface area contributed by atoms with Gasteiger partial charge < -0.3 is 15.8 Å². The van der Waals surface area contributed by atoms with E-state index in [4.69, 9.17) is 10.5 Å². The number of aryl methyl sites for hydroxylation is 1. The van der Waals surface area contributed by atoms with E-state index in [2.05, 4.69) is 5.32 Å². The van der Waals surface area contributed by atoms with Gasteiger partial charge in [-0.2, -0.15) is 0 Å². The molecule has 2 rings (SSSR count). The van der Waals surface area contributed by atoms with Crippen molar-refractivity contribution < 1.29 is 9.53 Å². The van der Waals surface area contributed by atoms with Crippen LogP contribution in [0.2, 0.25) is 0 Å². The van der Waals surface area contributed by atoms with Crippen molar-refractivity contribution in [1.82, 2.24) is 0 Å². The summed E-state index contributed by atoms with van der Waals surface area (Å²) >= 11 is 0. The van der Waals surface area contributed by atoms with Gasteiger partial charge in [-0.15, -0.1) is 0 Å². The highest BCUT2D eigenvalue weighted by Crippen LogP contribution is 2.28. The predicted molar refractivity (Wildman–Crippen MR) is 80.9 cm³/mol. The number of anilines is 1. The summed E-state index contributed by atoms with van der Waals surface area (Å²) in [5, 5.41) is 2.97. The highest BCUT2D eigenvalue weighted by atomic mass is 16.5. The van der Waals surface area contributed by atoms with Gasteiger partial charge in [0.1, 0.15) is 5.75 Å². The molecule has 1 fully saturated rings. The first-order chi connectivity index (χ1) is 9.61. The molecule has 0 spiro atoms. The third kappa shape index (κ3) is 3.51. The normalized spacial score (nSPS) is 22.9. The Labute approximate surface area is 120 Å². The molecule has 4 heteroatoms. The second-order valence-electron chi connectivity index (χ2n) is 5.60. The average Bonchev–Trinajstić information content (AvgIpc) is 2.65. The van der Waals surface area contributed by atoms with Crippen molar-refractivity contribution in [3.05, 3.63) is 23.8 Å². The Morgan fingerprint density at radius 1 is 1.30 bits per heavy atom. The lowest BCUT2D eigenvalue weighted by Crippen LogP contribution is -2.37. The molecule has 1 saturated carbocycles. The zero-order valence-corrected chi connectivity index (χ0v) is 12.3. The van der Waals surface area contributed by atoms with Crippen molar-refractivity contribution >= 4 is 11.6 Å². The van der Waals surface area contributed by atoms with E-state index >= 15 is 0 Å². The number of rotatable bonds is 3. The highest BCUT2D eigenvalue weighted by molar-refractivity contribution is 5.94. The molecule has 3 N–H and O–H groups in total. The van der Waals surface area contributed by atoms with Gasteiger partial charge in [0.05, 0.1) is 18.7 Å². The molecule has 20 heavy (non-hydrogen) atoms. The summed E-state index contributed by atoms with van der Waals surface area (Å²) in [5.41, 5.74) is 7.96. The van der Waals surface area contributed by atoms with E-state index in [9.17, 15) is 4.79 Å². The fourth-order valence-corrected chi connectivity index (χ4v) is 2.79. The zero-order valence-electron chi connectivity index (χ0n) is 12.3. The number of amides is 1. The average molecular weight is 276 g/mol. The van der Waals surface area contributed by atoms with Crippen LogP contribution in [-0.2, 0) is 4.79 Å². The van der Waals surface area contributed by atoms with Gasteiger partial charge in [-0.05, 0) is 37.5 Å². The van der Waals surface area contributed by atoms with Crippen LogP contribution >= 0.6 is 0 Å². The van der Waals surface area contributed by atoms with Crippen molar-refractivity contribution in [3.63, 3.8) is 0 Å². The molecule has 0 heterocycles. The van der Waals surface area contributed by atoms with Crippen molar-refractivity contribution in [3.8, 4) is 5.75 Å². The Morgan fingerprint density at radius 3 is 2.80 bits per heavy atom. The molecule has 1 aliphatic rings. The summed E-state index contributed by atoms with van der Waals surface area (Å²) in [6.45, 7) is 2.00. The van der Waals surface area contributed by atoms with E-state index in [1.165, 1.54) is 6.42 Å². The number of ether oxygens (including phenoxy) is 1. The minimum absolute atomic E-state index is 0.0153. The van der Waals surface area contributed by atoms with Gasteiger partial charge in [-0.3, -0.25) is 4.79 Å². The van der Waals surface area contributed by atoms with Gasteiger partial charge in [0, 0.05) is 6.04 Å². The smallest absolute Gasteiger partial charge is 0.229 e. The Balaban J connectivity index is 2.10. The predicted octanol–water partition coefficient (Wildman–Crippen LogP) is 2.85. The molecule has 4 nitrogen and oxygen atoms in total. The minimum atomic E-state index is -0.0940. The zero-order chi connectivity index (χ0) is 14.5. The molecule has 0 saturated heterocycles. The van der Waals surface area contributed by atoms with Crippen LogP contribution in [0.25, 0.3) is 0 Å². The van der Waals surface area contributed by atoms with Gasteiger partial charge in [-0.25, -0.2) is 0 Å². The van der Waals surface area contributed by atoms with E-state index in [0.717, 1.165) is 36.9 Å². The van der Waals surface area contributed by atoms with Gasteiger partial charge in [0.15, 0.2) is 0 Å². The second kappa shape index (κ2) is 6.75. The van der Waals surface area contributed by atoms with Crippen LogP contribution in [0.5, 0.6) is 5.75 Å². The molecule has 1 aromatic rings. The monoisotopic (exact) mass is 276 g/mol. The number of hydrogen-bond acceptors (Lipinski definition) is 3. The fourth-order valence-electron chi connectivity index (χ4n) is 2.79.